The van der Waals surface area contributed by atoms with Gasteiger partial charge in [0, 0.05) is 6.42 Å². The number of amides is 1. The lowest BCUT2D eigenvalue weighted by Crippen LogP contribution is -2.45. The number of quaternary nitrogens is 1. The summed E-state index contributed by atoms with van der Waals surface area (Å²) in [6, 6.07) is -0.916. The molecule has 0 fully saturated rings. The number of hydrogen-bond acceptors (Lipinski definition) is 6. The van der Waals surface area contributed by atoms with Gasteiger partial charge in [-0.25, -0.2) is 0 Å². The van der Waals surface area contributed by atoms with Gasteiger partial charge in [0.05, 0.1) is 39.9 Å². The Bertz CT molecular complexity index is 1450. The first-order valence-electron chi connectivity index (χ1n) is 29.9. The number of unbranched alkanes of at least 4 members (excludes halogenated alkanes) is 29. The van der Waals surface area contributed by atoms with Crippen LogP contribution in [0.5, 0.6) is 0 Å². The molecule has 0 aromatic rings. The van der Waals surface area contributed by atoms with Gasteiger partial charge < -0.3 is 28.8 Å². The van der Waals surface area contributed by atoms with Crippen LogP contribution < -0.4 is 10.2 Å². The fourth-order valence-electron chi connectivity index (χ4n) is 8.41. The van der Waals surface area contributed by atoms with Crippen molar-refractivity contribution >= 4 is 13.7 Å². The molecule has 0 heterocycles. The number of aliphatic hydroxyl groups is 1. The topological polar surface area (TPSA) is 108 Å². The Kier molecular flexibility index (Phi) is 51.8. The van der Waals surface area contributed by atoms with Gasteiger partial charge in [-0.15, -0.1) is 0 Å². The number of carbonyl (C=O) groups is 1. The van der Waals surface area contributed by atoms with E-state index in [9.17, 15) is 19.4 Å². The Hall–Kier alpha value is -2.32. The molecule has 2 N–H and O–H groups in total. The molecular weight excluding hydrogens is 912 g/mol. The van der Waals surface area contributed by atoms with Crippen molar-refractivity contribution in [3.63, 3.8) is 0 Å². The molecule has 0 spiro atoms. The summed E-state index contributed by atoms with van der Waals surface area (Å²) in [4.78, 5) is 25.5. The van der Waals surface area contributed by atoms with Gasteiger partial charge in [0.15, 0.2) is 0 Å². The summed E-state index contributed by atoms with van der Waals surface area (Å²) in [5.41, 5.74) is 0. The lowest BCUT2D eigenvalue weighted by molar-refractivity contribution is -0.870. The predicted molar refractivity (Wildman–Crippen MR) is 311 cm³/mol. The molecule has 1 amide bonds. The summed E-state index contributed by atoms with van der Waals surface area (Å²) >= 11 is 0. The number of likely N-dealkylation sites (N-methyl/N-ethyl adjacent to an activating group) is 1. The molecule has 0 aromatic carbocycles. The van der Waals surface area contributed by atoms with Crippen LogP contribution in [0, 0.1) is 0 Å². The molecule has 8 nitrogen and oxygen atoms in total. The monoisotopic (exact) mass is 1030 g/mol. The van der Waals surface area contributed by atoms with Gasteiger partial charge >= 0.3 is 0 Å². The molecule has 0 aliphatic heterocycles. The van der Waals surface area contributed by atoms with Gasteiger partial charge in [-0.05, 0) is 83.5 Å². The molecular formula is C63H115N2O6P. The van der Waals surface area contributed by atoms with E-state index in [2.05, 4.69) is 92.1 Å². The number of phosphoric acid groups is 1. The van der Waals surface area contributed by atoms with Crippen molar-refractivity contribution in [2.75, 3.05) is 40.9 Å². The van der Waals surface area contributed by atoms with E-state index in [1.165, 1.54) is 167 Å². The largest absolute Gasteiger partial charge is 0.756 e. The van der Waals surface area contributed by atoms with E-state index in [1.54, 1.807) is 6.08 Å². The summed E-state index contributed by atoms with van der Waals surface area (Å²) in [5, 5.41) is 13.9. The molecule has 0 aliphatic rings. The molecule has 0 aromatic heterocycles. The Labute approximate surface area is 446 Å². The first-order valence-corrected chi connectivity index (χ1v) is 31.4. The maximum atomic E-state index is 13.0. The van der Waals surface area contributed by atoms with E-state index in [-0.39, 0.29) is 12.5 Å². The normalized spacial score (nSPS) is 14.5. The zero-order valence-electron chi connectivity index (χ0n) is 47.6. The molecule has 3 atom stereocenters. The lowest BCUT2D eigenvalue weighted by Gasteiger charge is -2.29. The first-order chi connectivity index (χ1) is 35.0. The van der Waals surface area contributed by atoms with Crippen molar-refractivity contribution in [1.82, 2.24) is 5.32 Å². The van der Waals surface area contributed by atoms with Crippen LogP contribution in [-0.2, 0) is 18.4 Å². The van der Waals surface area contributed by atoms with Crippen LogP contribution in [0.3, 0.4) is 0 Å². The van der Waals surface area contributed by atoms with Crippen LogP contribution in [0.4, 0.5) is 0 Å². The number of nitrogens with zero attached hydrogens (tertiary/aromatic N) is 1. The van der Waals surface area contributed by atoms with E-state index < -0.39 is 26.6 Å². The van der Waals surface area contributed by atoms with Crippen LogP contribution in [0.15, 0.2) is 85.1 Å². The molecule has 0 aliphatic carbocycles. The van der Waals surface area contributed by atoms with Gasteiger partial charge in [-0.2, -0.15) is 0 Å². The number of nitrogens with one attached hydrogen (secondary N) is 1. The highest BCUT2D eigenvalue weighted by molar-refractivity contribution is 7.45. The third-order valence-electron chi connectivity index (χ3n) is 13.1. The van der Waals surface area contributed by atoms with Crippen LogP contribution in [-0.4, -0.2) is 68.5 Å². The van der Waals surface area contributed by atoms with Gasteiger partial charge in [0.25, 0.3) is 7.82 Å². The molecule has 9 heteroatoms. The highest BCUT2D eigenvalue weighted by Gasteiger charge is 2.23. The summed E-state index contributed by atoms with van der Waals surface area (Å²) in [6.07, 6.45) is 75.3. The molecule has 0 radical (unpaired) electrons. The zero-order chi connectivity index (χ0) is 52.7. The van der Waals surface area contributed by atoms with Gasteiger partial charge in [-0.1, -0.05) is 253 Å². The van der Waals surface area contributed by atoms with Crippen LogP contribution in [0.25, 0.3) is 0 Å². The Balaban J connectivity index is 4.27. The number of phosphoric ester groups is 1. The average Bonchev–Trinajstić information content (AvgIpc) is 3.34. The number of hydrogen-bond donors (Lipinski definition) is 2. The van der Waals surface area contributed by atoms with Crippen LogP contribution in [0.1, 0.15) is 258 Å². The number of aliphatic hydroxyl groups excluding tert-OH is 1. The highest BCUT2D eigenvalue weighted by atomic mass is 31.2. The Morgan fingerprint density at radius 1 is 0.500 bits per heavy atom. The Morgan fingerprint density at radius 3 is 1.29 bits per heavy atom. The number of allylic oxidation sites excluding steroid dienone is 13. The van der Waals surface area contributed by atoms with Gasteiger partial charge in [-0.3, -0.25) is 9.36 Å². The molecule has 3 unspecified atom stereocenters. The van der Waals surface area contributed by atoms with Crippen molar-refractivity contribution in [2.45, 2.75) is 270 Å². The average molecular weight is 1030 g/mol. The molecule has 0 saturated heterocycles. The zero-order valence-corrected chi connectivity index (χ0v) is 48.5. The highest BCUT2D eigenvalue weighted by Crippen LogP contribution is 2.38. The van der Waals surface area contributed by atoms with E-state index in [4.69, 9.17) is 9.05 Å². The third-order valence-corrected chi connectivity index (χ3v) is 14.0. The van der Waals surface area contributed by atoms with Crippen molar-refractivity contribution < 1.29 is 32.9 Å². The molecule has 72 heavy (non-hydrogen) atoms. The second-order valence-electron chi connectivity index (χ2n) is 21.3. The molecule has 418 valence electrons. The summed E-state index contributed by atoms with van der Waals surface area (Å²) in [5.74, 6) is -0.215. The van der Waals surface area contributed by atoms with Crippen molar-refractivity contribution in [1.29, 1.82) is 0 Å². The standard InChI is InChI=1S/C63H115N2O6P/c1-6-8-10-12-14-16-18-20-22-24-26-28-30-32-34-36-38-40-42-44-46-48-50-52-54-56-62(66)61(60-71-72(68,69)70-59-58-65(3,4)5)64-63(67)57-55-53-51-49-47-45-43-41-39-37-35-33-31-29-27-25-23-21-19-17-15-13-11-9-7-2/h9,11,15,17,21,23,27,29,38,40,46,48,54,56,61-62,66H,6-8,10,12-14,16,18-20,22,24-26,28,30-37,39,41-45,47,49-53,55,57-60H2,1-5H3,(H-,64,67,68,69)/b11-9-,17-15-,23-21-,29-27-,40-38+,48-46+,56-54+. The minimum atomic E-state index is -4.62. The Morgan fingerprint density at radius 2 is 0.861 bits per heavy atom. The second kappa shape index (κ2) is 53.5. The minimum absolute atomic E-state index is 0.0126. The molecule has 0 saturated carbocycles. The fraction of sp³-hybridized carbons (Fsp3) is 0.762. The lowest BCUT2D eigenvalue weighted by atomic mass is 10.0. The molecule has 0 rings (SSSR count). The number of rotatable bonds is 54. The quantitative estimate of drug-likeness (QED) is 0.0272. The van der Waals surface area contributed by atoms with E-state index >= 15 is 0 Å². The van der Waals surface area contributed by atoms with E-state index in [0.717, 1.165) is 70.6 Å². The second-order valence-corrected chi connectivity index (χ2v) is 22.7. The molecule has 0 bridgehead atoms. The third kappa shape index (κ3) is 55.4. The summed E-state index contributed by atoms with van der Waals surface area (Å²) in [6.45, 7) is 4.52. The van der Waals surface area contributed by atoms with Crippen molar-refractivity contribution in [3.8, 4) is 0 Å². The van der Waals surface area contributed by atoms with Crippen LogP contribution >= 0.6 is 7.82 Å². The summed E-state index contributed by atoms with van der Waals surface area (Å²) in [7, 11) is 1.23. The summed E-state index contributed by atoms with van der Waals surface area (Å²) < 4.78 is 23.4. The minimum Gasteiger partial charge on any atom is -0.756 e. The fourth-order valence-corrected chi connectivity index (χ4v) is 9.14. The van der Waals surface area contributed by atoms with E-state index in [1.807, 2.05) is 27.2 Å². The predicted octanol–water partition coefficient (Wildman–Crippen LogP) is 17.8. The van der Waals surface area contributed by atoms with E-state index in [0.29, 0.717) is 17.4 Å². The first kappa shape index (κ1) is 69.7. The van der Waals surface area contributed by atoms with Crippen molar-refractivity contribution in [2.24, 2.45) is 0 Å². The maximum Gasteiger partial charge on any atom is 0.268 e. The SMILES string of the molecule is CC/C=C\C/C=C\C/C=C\C/C=C\CCCCCCCCCCCCCCC(=O)NC(COP(=O)([O-])OCC[N+](C)(C)C)C(O)/C=C/CC/C=C/CC/C=C/CCCCCCCCCCCCCCCCC. The van der Waals surface area contributed by atoms with Crippen molar-refractivity contribution in [3.05, 3.63) is 85.1 Å². The smallest absolute Gasteiger partial charge is 0.268 e. The van der Waals surface area contributed by atoms with Crippen LogP contribution in [0.2, 0.25) is 0 Å². The van der Waals surface area contributed by atoms with Gasteiger partial charge in [0.1, 0.15) is 13.2 Å². The number of carbonyl (C=O) groups excluding carboxylic acids is 1. The maximum absolute atomic E-state index is 13.0. The van der Waals surface area contributed by atoms with Gasteiger partial charge in [0.2, 0.25) is 5.91 Å².